The second kappa shape index (κ2) is 6.43. The van der Waals surface area contributed by atoms with Gasteiger partial charge in [-0.3, -0.25) is 9.52 Å². The van der Waals surface area contributed by atoms with E-state index in [0.29, 0.717) is 11.4 Å². The van der Waals surface area contributed by atoms with Crippen LogP contribution in [0.5, 0.6) is 5.75 Å². The van der Waals surface area contributed by atoms with Gasteiger partial charge in [0.2, 0.25) is 15.9 Å². The zero-order valence-electron chi connectivity index (χ0n) is 12.0. The Kier molecular flexibility index (Phi) is 4.61. The first-order valence-electron chi connectivity index (χ1n) is 6.17. The Morgan fingerprint density at radius 2 is 2.18 bits per heavy atom. The van der Waals surface area contributed by atoms with E-state index < -0.39 is 10.0 Å². The molecule has 0 fully saturated rings. The number of hydrogen-bond donors (Lipinski definition) is 2. The molecular weight excluding hydrogens is 310 g/mol. The lowest BCUT2D eigenvalue weighted by Gasteiger charge is -2.06. The Bertz CT molecular complexity index is 771. The molecule has 0 aliphatic heterocycles. The largest absolute Gasteiger partial charge is 0.497 e. The van der Waals surface area contributed by atoms with Crippen molar-refractivity contribution in [2.75, 3.05) is 23.4 Å². The maximum Gasteiger partial charge on any atom is 0.247 e. The first-order chi connectivity index (χ1) is 10.4. The molecule has 0 saturated heterocycles. The van der Waals surface area contributed by atoms with Crippen molar-refractivity contribution in [3.05, 3.63) is 30.5 Å². The summed E-state index contributed by atoms with van der Waals surface area (Å²) in [7, 11) is -1.90. The molecule has 10 heteroatoms. The maximum absolute atomic E-state index is 11.9. The Morgan fingerprint density at radius 1 is 1.41 bits per heavy atom. The van der Waals surface area contributed by atoms with E-state index in [2.05, 4.69) is 20.2 Å². The molecule has 2 N–H and O–H groups in total. The van der Waals surface area contributed by atoms with Crippen molar-refractivity contribution in [2.24, 2.45) is 0 Å². The molecule has 0 radical (unpaired) electrons. The van der Waals surface area contributed by atoms with Crippen LogP contribution in [0.4, 0.5) is 11.5 Å². The van der Waals surface area contributed by atoms with E-state index in [0.717, 1.165) is 11.1 Å². The number of nitrogens with zero attached hydrogens (tertiary/aromatic N) is 3. The van der Waals surface area contributed by atoms with Gasteiger partial charge in [0.15, 0.2) is 5.82 Å². The fourth-order valence-electron chi connectivity index (χ4n) is 1.64. The van der Waals surface area contributed by atoms with Crippen molar-refractivity contribution in [1.82, 2.24) is 15.0 Å². The van der Waals surface area contributed by atoms with E-state index in [-0.39, 0.29) is 18.3 Å². The van der Waals surface area contributed by atoms with Gasteiger partial charge >= 0.3 is 0 Å². The Morgan fingerprint density at radius 3 is 2.86 bits per heavy atom. The second-order valence-corrected chi connectivity index (χ2v) is 6.16. The summed E-state index contributed by atoms with van der Waals surface area (Å²) < 4.78 is 29.3. The monoisotopic (exact) mass is 325 g/mol. The van der Waals surface area contributed by atoms with Gasteiger partial charge < -0.3 is 10.1 Å². The number of ether oxygens (including phenoxy) is 1. The van der Waals surface area contributed by atoms with E-state index in [1.165, 1.54) is 13.3 Å². The third kappa shape index (κ3) is 4.74. The van der Waals surface area contributed by atoms with Crippen molar-refractivity contribution in [1.29, 1.82) is 0 Å². The summed E-state index contributed by atoms with van der Waals surface area (Å²) >= 11 is 0. The number of aromatic nitrogens is 3. The minimum Gasteiger partial charge on any atom is -0.497 e. The third-order valence-electron chi connectivity index (χ3n) is 2.46. The Hall–Kier alpha value is -2.62. The molecule has 118 valence electrons. The molecule has 0 aliphatic rings. The number of amides is 1. The van der Waals surface area contributed by atoms with Crippen molar-refractivity contribution in [3.63, 3.8) is 0 Å². The van der Waals surface area contributed by atoms with Gasteiger partial charge in [0.25, 0.3) is 0 Å². The zero-order valence-corrected chi connectivity index (χ0v) is 12.8. The molecule has 0 saturated carbocycles. The average molecular weight is 325 g/mol. The summed E-state index contributed by atoms with van der Waals surface area (Å²) in [5.74, 6) is 0.320. The van der Waals surface area contributed by atoms with Gasteiger partial charge in [-0.15, -0.1) is 5.10 Å². The summed E-state index contributed by atoms with van der Waals surface area (Å²) in [5.41, 5.74) is 0.575. The van der Waals surface area contributed by atoms with Gasteiger partial charge in [-0.1, -0.05) is 6.07 Å². The van der Waals surface area contributed by atoms with Crippen molar-refractivity contribution in [2.45, 2.75) is 6.54 Å². The minimum atomic E-state index is -3.43. The number of carbonyl (C=O) groups excluding carboxylic acids is 1. The van der Waals surface area contributed by atoms with Crippen LogP contribution in [0.1, 0.15) is 0 Å². The number of hydrogen-bond acceptors (Lipinski definition) is 6. The summed E-state index contributed by atoms with van der Waals surface area (Å²) in [6.45, 7) is -0.150. The predicted molar refractivity (Wildman–Crippen MR) is 80.1 cm³/mol. The summed E-state index contributed by atoms with van der Waals surface area (Å²) in [5, 5.41) is 10.3. The predicted octanol–water partition coefficient (Wildman–Crippen LogP) is 0.297. The molecule has 9 nitrogen and oxygen atoms in total. The molecule has 1 aromatic heterocycles. The SMILES string of the molecule is COc1cccc(NC(=O)Cn2ncc(NS(C)(=O)=O)n2)c1. The number of methoxy groups -OCH3 is 1. The molecule has 1 aromatic carbocycles. The zero-order chi connectivity index (χ0) is 16.2. The molecule has 0 bridgehead atoms. The van der Waals surface area contributed by atoms with Crippen molar-refractivity contribution in [3.8, 4) is 5.75 Å². The van der Waals surface area contributed by atoms with Crippen LogP contribution in [0.2, 0.25) is 0 Å². The molecule has 0 aliphatic carbocycles. The van der Waals surface area contributed by atoms with Crippen LogP contribution < -0.4 is 14.8 Å². The first kappa shape index (κ1) is 15.8. The lowest BCUT2D eigenvalue weighted by Crippen LogP contribution is -2.20. The van der Waals surface area contributed by atoms with Gasteiger partial charge in [-0.2, -0.15) is 9.90 Å². The van der Waals surface area contributed by atoms with E-state index in [9.17, 15) is 13.2 Å². The Labute approximate surface area is 127 Å². The Balaban J connectivity index is 1.97. The summed E-state index contributed by atoms with van der Waals surface area (Å²) in [4.78, 5) is 13.0. The minimum absolute atomic E-state index is 0.0525. The highest BCUT2D eigenvalue weighted by atomic mass is 32.2. The molecule has 1 heterocycles. The fourth-order valence-corrected chi connectivity index (χ4v) is 2.11. The molecule has 0 unspecified atom stereocenters. The van der Waals surface area contributed by atoms with Crippen LogP contribution in [0.25, 0.3) is 0 Å². The molecular formula is C12H15N5O4S. The second-order valence-electron chi connectivity index (χ2n) is 4.41. The third-order valence-corrected chi connectivity index (χ3v) is 3.04. The normalized spacial score (nSPS) is 11.0. The molecule has 2 rings (SSSR count). The molecule has 2 aromatic rings. The lowest BCUT2D eigenvalue weighted by atomic mass is 10.3. The lowest BCUT2D eigenvalue weighted by molar-refractivity contribution is -0.117. The summed E-state index contributed by atoms with van der Waals surface area (Å²) in [6, 6.07) is 6.89. The van der Waals surface area contributed by atoms with Crippen LogP contribution in [-0.2, 0) is 21.4 Å². The van der Waals surface area contributed by atoms with E-state index in [1.807, 2.05) is 0 Å². The van der Waals surface area contributed by atoms with Gasteiger partial charge in [0.05, 0.1) is 19.6 Å². The first-order valence-corrected chi connectivity index (χ1v) is 8.07. The number of rotatable bonds is 6. The average Bonchev–Trinajstić information content (AvgIpc) is 2.83. The van der Waals surface area contributed by atoms with Crippen LogP contribution in [0, 0.1) is 0 Å². The van der Waals surface area contributed by atoms with Crippen LogP contribution >= 0.6 is 0 Å². The number of carbonyl (C=O) groups is 1. The highest BCUT2D eigenvalue weighted by Crippen LogP contribution is 2.16. The standard InChI is InChI=1S/C12H15N5O4S/c1-21-10-5-3-4-9(6-10)14-12(18)8-17-13-7-11(15-17)16-22(2,19)20/h3-7H,8H2,1-2H3,(H,14,18)(H,15,16). The van der Waals surface area contributed by atoms with Crippen molar-refractivity contribution < 1.29 is 17.9 Å². The molecule has 1 amide bonds. The van der Waals surface area contributed by atoms with E-state index in [4.69, 9.17) is 4.74 Å². The summed E-state index contributed by atoms with van der Waals surface area (Å²) in [6.07, 6.45) is 2.22. The van der Waals surface area contributed by atoms with E-state index in [1.54, 1.807) is 24.3 Å². The number of anilines is 2. The van der Waals surface area contributed by atoms with Crippen LogP contribution in [0.15, 0.2) is 30.5 Å². The van der Waals surface area contributed by atoms with E-state index >= 15 is 0 Å². The maximum atomic E-state index is 11.9. The smallest absolute Gasteiger partial charge is 0.247 e. The van der Waals surface area contributed by atoms with Crippen LogP contribution in [0.3, 0.4) is 0 Å². The van der Waals surface area contributed by atoms with Crippen LogP contribution in [-0.4, -0.2) is 42.7 Å². The van der Waals surface area contributed by atoms with Gasteiger partial charge in [-0.25, -0.2) is 8.42 Å². The molecule has 22 heavy (non-hydrogen) atoms. The quantitative estimate of drug-likeness (QED) is 0.789. The molecule has 0 atom stereocenters. The van der Waals surface area contributed by atoms with Crippen molar-refractivity contribution >= 4 is 27.4 Å². The van der Waals surface area contributed by atoms with Gasteiger partial charge in [-0.05, 0) is 12.1 Å². The van der Waals surface area contributed by atoms with Gasteiger partial charge in [0, 0.05) is 11.8 Å². The molecule has 0 spiro atoms. The fraction of sp³-hybridized carbons (Fsp3) is 0.250. The van der Waals surface area contributed by atoms with Gasteiger partial charge in [0.1, 0.15) is 12.3 Å². The number of sulfonamides is 1. The number of benzene rings is 1. The topological polar surface area (TPSA) is 115 Å². The highest BCUT2D eigenvalue weighted by molar-refractivity contribution is 7.92. The highest BCUT2D eigenvalue weighted by Gasteiger charge is 2.09. The number of nitrogens with one attached hydrogen (secondary N) is 2.